The number of ketones is 1. The Kier molecular flexibility index (Phi) is 6.68. The van der Waals surface area contributed by atoms with Crippen LogP contribution in [0.15, 0.2) is 48.5 Å². The highest BCUT2D eigenvalue weighted by atomic mass is 19.3. The number of halogens is 2. The highest BCUT2D eigenvalue weighted by molar-refractivity contribution is 6.07. The number of hydrogen-bond acceptors (Lipinski definition) is 5. The van der Waals surface area contributed by atoms with E-state index in [9.17, 15) is 13.6 Å². The van der Waals surface area contributed by atoms with Crippen LogP contribution in [0.5, 0.6) is 17.2 Å². The van der Waals surface area contributed by atoms with Crippen molar-refractivity contribution < 1.29 is 27.8 Å². The quantitative estimate of drug-likeness (QED) is 0.524. The van der Waals surface area contributed by atoms with Crippen LogP contribution in [-0.2, 0) is 0 Å². The number of hydrogen-bond donors (Lipinski definition) is 0. The van der Waals surface area contributed by atoms with Gasteiger partial charge < -0.3 is 14.2 Å². The number of allylic oxidation sites excluding steroid dienone is 1. The fourth-order valence-electron chi connectivity index (χ4n) is 2.14. The summed E-state index contributed by atoms with van der Waals surface area (Å²) in [5.41, 5.74) is 0.871. The molecule has 2 aromatic rings. The molecule has 5 nitrogen and oxygen atoms in total. The van der Waals surface area contributed by atoms with Crippen molar-refractivity contribution in [3.05, 3.63) is 59.7 Å². The number of rotatable bonds is 8. The molecule has 134 valence electrons. The van der Waals surface area contributed by atoms with Gasteiger partial charge in [-0.25, -0.2) is 0 Å². The second-order valence-corrected chi connectivity index (χ2v) is 4.93. The lowest BCUT2D eigenvalue weighted by molar-refractivity contribution is -0.0512. The van der Waals surface area contributed by atoms with Gasteiger partial charge in [0.25, 0.3) is 0 Å². The van der Waals surface area contributed by atoms with Crippen LogP contribution in [0.2, 0.25) is 0 Å². The van der Waals surface area contributed by atoms with Gasteiger partial charge in [0.2, 0.25) is 0 Å². The van der Waals surface area contributed by atoms with Gasteiger partial charge in [-0.15, -0.1) is 0 Å². The van der Waals surface area contributed by atoms with Gasteiger partial charge in [-0.3, -0.25) is 4.79 Å². The number of methoxy groups -OCH3 is 1. The van der Waals surface area contributed by atoms with Crippen molar-refractivity contribution in [3.63, 3.8) is 0 Å². The number of benzene rings is 2. The average Bonchev–Trinajstić information content (AvgIpc) is 2.64. The molecule has 0 aliphatic rings. The second kappa shape index (κ2) is 9.18. The topological polar surface area (TPSA) is 68.5 Å². The van der Waals surface area contributed by atoms with E-state index in [1.807, 2.05) is 6.07 Å². The van der Waals surface area contributed by atoms with Gasteiger partial charge in [-0.2, -0.15) is 14.0 Å². The van der Waals surface area contributed by atoms with E-state index in [1.54, 1.807) is 30.3 Å². The predicted octanol–water partition coefficient (Wildman–Crippen LogP) is 4.10. The van der Waals surface area contributed by atoms with Crippen molar-refractivity contribution in [2.75, 3.05) is 13.7 Å². The van der Waals surface area contributed by atoms with E-state index in [2.05, 4.69) is 4.74 Å². The molecule has 0 N–H and O–H groups in total. The molecule has 0 atom stereocenters. The van der Waals surface area contributed by atoms with Crippen LogP contribution in [0.25, 0.3) is 6.08 Å². The van der Waals surface area contributed by atoms with Crippen LogP contribution in [-0.4, -0.2) is 26.1 Å². The Morgan fingerprint density at radius 3 is 2.65 bits per heavy atom. The largest absolute Gasteiger partial charge is 0.493 e. The molecule has 0 spiro atoms. The van der Waals surface area contributed by atoms with E-state index in [4.69, 9.17) is 14.7 Å². The monoisotopic (exact) mass is 359 g/mol. The Labute approximate surface area is 149 Å². The third-order valence-corrected chi connectivity index (χ3v) is 3.29. The summed E-state index contributed by atoms with van der Waals surface area (Å²) >= 11 is 0. The van der Waals surface area contributed by atoms with Gasteiger partial charge in [-0.1, -0.05) is 18.2 Å². The predicted molar refractivity (Wildman–Crippen MR) is 90.5 cm³/mol. The van der Waals surface area contributed by atoms with Gasteiger partial charge >= 0.3 is 6.61 Å². The van der Waals surface area contributed by atoms with Crippen LogP contribution >= 0.6 is 0 Å². The van der Waals surface area contributed by atoms with Crippen LogP contribution in [0.1, 0.15) is 15.9 Å². The van der Waals surface area contributed by atoms with Crippen LogP contribution in [0, 0.1) is 11.3 Å². The maximum Gasteiger partial charge on any atom is 0.387 e. The van der Waals surface area contributed by atoms with E-state index in [1.165, 1.54) is 31.4 Å². The highest BCUT2D eigenvalue weighted by Crippen LogP contribution is 2.30. The molecule has 0 aliphatic carbocycles. The molecular weight excluding hydrogens is 344 g/mol. The smallest absolute Gasteiger partial charge is 0.387 e. The number of para-hydroxylation sites is 1. The lowest BCUT2D eigenvalue weighted by Crippen LogP contribution is -2.04. The molecule has 0 radical (unpaired) electrons. The van der Waals surface area contributed by atoms with Gasteiger partial charge in [0.15, 0.2) is 23.9 Å². The minimum absolute atomic E-state index is 0.0299. The number of nitriles is 1. The molecule has 7 heteroatoms. The summed E-state index contributed by atoms with van der Waals surface area (Å²) in [6.45, 7) is -3.10. The van der Waals surface area contributed by atoms with E-state index in [0.717, 1.165) is 0 Å². The van der Waals surface area contributed by atoms with Crippen molar-refractivity contribution in [3.8, 4) is 23.3 Å². The van der Waals surface area contributed by atoms with Gasteiger partial charge in [0.05, 0.1) is 7.11 Å². The van der Waals surface area contributed by atoms with E-state index < -0.39 is 6.61 Å². The first-order valence-corrected chi connectivity index (χ1v) is 7.49. The maximum absolute atomic E-state index is 12.3. The minimum atomic E-state index is -2.99. The maximum atomic E-state index is 12.3. The Bertz CT molecular complexity index is 844. The van der Waals surface area contributed by atoms with Gasteiger partial charge in [0.1, 0.15) is 11.8 Å². The summed E-state index contributed by atoms with van der Waals surface area (Å²) < 4.78 is 39.3. The fourth-order valence-corrected chi connectivity index (χ4v) is 2.14. The zero-order valence-electron chi connectivity index (χ0n) is 13.8. The molecule has 0 aliphatic heterocycles. The lowest BCUT2D eigenvalue weighted by atomic mass is 10.1. The first-order chi connectivity index (χ1) is 12.5. The van der Waals surface area contributed by atoms with Crippen molar-refractivity contribution in [1.82, 2.24) is 0 Å². The van der Waals surface area contributed by atoms with E-state index >= 15 is 0 Å². The molecule has 0 aromatic heterocycles. The van der Waals surface area contributed by atoms with Gasteiger partial charge in [0, 0.05) is 11.1 Å². The van der Waals surface area contributed by atoms with Crippen molar-refractivity contribution in [1.29, 1.82) is 5.26 Å². The number of alkyl halides is 2. The van der Waals surface area contributed by atoms with Crippen molar-refractivity contribution >= 4 is 11.9 Å². The second-order valence-electron chi connectivity index (χ2n) is 4.93. The molecule has 0 heterocycles. The number of ether oxygens (including phenoxy) is 3. The average molecular weight is 359 g/mol. The highest BCUT2D eigenvalue weighted by Gasteiger charge is 2.13. The lowest BCUT2D eigenvalue weighted by Gasteiger charge is -2.10. The fraction of sp³-hybridized carbons (Fsp3) is 0.158. The third kappa shape index (κ3) is 5.05. The Balaban J connectivity index is 2.20. The molecule has 0 fully saturated rings. The van der Waals surface area contributed by atoms with E-state index in [-0.39, 0.29) is 29.5 Å². The van der Waals surface area contributed by atoms with Crippen LogP contribution in [0.4, 0.5) is 8.78 Å². The van der Waals surface area contributed by atoms with Crippen LogP contribution < -0.4 is 14.2 Å². The SMILES string of the molecule is COc1cc(C(=O)/C=C/c2ccccc2OCC#N)ccc1OC(F)F. The number of carbonyl (C=O) groups excluding carboxylic acids is 1. The normalized spacial score (nSPS) is 10.6. The molecule has 0 bridgehead atoms. The van der Waals surface area contributed by atoms with E-state index in [0.29, 0.717) is 11.3 Å². The zero-order valence-corrected chi connectivity index (χ0v) is 13.8. The molecule has 26 heavy (non-hydrogen) atoms. The van der Waals surface area contributed by atoms with Crippen LogP contribution in [0.3, 0.4) is 0 Å². The molecule has 0 saturated heterocycles. The zero-order chi connectivity index (χ0) is 18.9. The summed E-state index contributed by atoms with van der Waals surface area (Å²) in [6, 6.07) is 12.7. The third-order valence-electron chi connectivity index (χ3n) is 3.29. The summed E-state index contributed by atoms with van der Waals surface area (Å²) in [5.74, 6) is -0.0149. The van der Waals surface area contributed by atoms with Crippen molar-refractivity contribution in [2.24, 2.45) is 0 Å². The minimum Gasteiger partial charge on any atom is -0.493 e. The molecule has 0 amide bonds. The molecule has 0 saturated carbocycles. The van der Waals surface area contributed by atoms with Gasteiger partial charge in [-0.05, 0) is 36.4 Å². The standard InChI is InChI=1S/C19H15F2NO4/c1-24-18-12-14(7-9-17(18)26-19(20)21)15(23)8-6-13-4-2-3-5-16(13)25-11-10-22/h2-9,12,19H,11H2,1H3/b8-6+. The summed E-state index contributed by atoms with van der Waals surface area (Å²) in [4.78, 5) is 12.3. The molecule has 2 rings (SSSR count). The Hall–Kier alpha value is -3.40. The summed E-state index contributed by atoms with van der Waals surface area (Å²) in [7, 11) is 1.29. The number of nitrogens with zero attached hydrogens (tertiary/aromatic N) is 1. The molecule has 2 aromatic carbocycles. The molecule has 0 unspecified atom stereocenters. The Morgan fingerprint density at radius 1 is 1.19 bits per heavy atom. The first kappa shape index (κ1) is 18.9. The summed E-state index contributed by atoms with van der Waals surface area (Å²) in [6.07, 6.45) is 2.86. The Morgan fingerprint density at radius 2 is 1.96 bits per heavy atom. The number of carbonyl (C=O) groups is 1. The van der Waals surface area contributed by atoms with Crippen molar-refractivity contribution in [2.45, 2.75) is 6.61 Å². The summed E-state index contributed by atoms with van der Waals surface area (Å²) in [5, 5.41) is 8.60. The molecular formula is C19H15F2NO4. The first-order valence-electron chi connectivity index (χ1n) is 7.49.